The van der Waals surface area contributed by atoms with Gasteiger partial charge < -0.3 is 14.8 Å². The minimum absolute atomic E-state index is 0.0274. The Morgan fingerprint density at radius 2 is 2.27 bits per heavy atom. The van der Waals surface area contributed by atoms with E-state index in [0.717, 1.165) is 18.6 Å². The first-order valence-corrected chi connectivity index (χ1v) is 7.13. The van der Waals surface area contributed by atoms with Gasteiger partial charge >= 0.3 is 5.97 Å². The van der Waals surface area contributed by atoms with Crippen molar-refractivity contribution in [1.82, 2.24) is 15.1 Å². The monoisotopic (exact) mass is 305 g/mol. The maximum Gasteiger partial charge on any atom is 0.305 e. The average molecular weight is 305 g/mol. The molecule has 0 aliphatic heterocycles. The van der Waals surface area contributed by atoms with Crippen molar-refractivity contribution < 1.29 is 19.1 Å². The maximum atomic E-state index is 12.2. The minimum atomic E-state index is -0.923. The van der Waals surface area contributed by atoms with Crippen molar-refractivity contribution >= 4 is 11.9 Å². The fourth-order valence-electron chi connectivity index (χ4n) is 2.09. The lowest BCUT2D eigenvalue weighted by molar-refractivity contribution is -0.137. The highest BCUT2D eigenvalue weighted by molar-refractivity contribution is 5.92. The number of aliphatic carboxylic acids is 1. The van der Waals surface area contributed by atoms with Gasteiger partial charge in [-0.2, -0.15) is 5.10 Å². The van der Waals surface area contributed by atoms with E-state index in [2.05, 4.69) is 10.4 Å². The zero-order valence-corrected chi connectivity index (χ0v) is 12.4. The standard InChI is InChI=1S/C15H19N3O4/c1-11(4-5-12-3-2-10-22-12)17-15(21)13-6-8-16-18(13)9-7-14(19)20/h2-3,6,8,10-11H,4-5,7,9H2,1H3,(H,17,21)(H,19,20). The summed E-state index contributed by atoms with van der Waals surface area (Å²) in [6.45, 7) is 2.09. The highest BCUT2D eigenvalue weighted by Gasteiger charge is 2.15. The molecular formula is C15H19N3O4. The molecule has 0 radical (unpaired) electrons. The van der Waals surface area contributed by atoms with Crippen molar-refractivity contribution in [2.75, 3.05) is 0 Å². The average Bonchev–Trinajstić information content (AvgIpc) is 3.14. The largest absolute Gasteiger partial charge is 0.481 e. The van der Waals surface area contributed by atoms with Gasteiger partial charge in [-0.15, -0.1) is 0 Å². The molecule has 2 rings (SSSR count). The Morgan fingerprint density at radius 3 is 2.95 bits per heavy atom. The fourth-order valence-corrected chi connectivity index (χ4v) is 2.09. The first-order chi connectivity index (χ1) is 10.6. The third-order valence-electron chi connectivity index (χ3n) is 3.27. The van der Waals surface area contributed by atoms with E-state index in [1.807, 2.05) is 19.1 Å². The quantitative estimate of drug-likeness (QED) is 0.773. The van der Waals surface area contributed by atoms with Gasteiger partial charge in [-0.05, 0) is 31.5 Å². The molecule has 2 aromatic rings. The molecule has 1 unspecified atom stereocenters. The Hall–Kier alpha value is -2.57. The Balaban J connectivity index is 1.86. The zero-order chi connectivity index (χ0) is 15.9. The van der Waals surface area contributed by atoms with Crippen molar-refractivity contribution in [3.63, 3.8) is 0 Å². The number of nitrogens with one attached hydrogen (secondary N) is 1. The van der Waals surface area contributed by atoms with Gasteiger partial charge in [-0.1, -0.05) is 0 Å². The van der Waals surface area contributed by atoms with Crippen LogP contribution in [0.25, 0.3) is 0 Å². The van der Waals surface area contributed by atoms with Crippen LogP contribution in [0.4, 0.5) is 0 Å². The lowest BCUT2D eigenvalue weighted by Crippen LogP contribution is -2.34. The summed E-state index contributed by atoms with van der Waals surface area (Å²) >= 11 is 0. The number of furan rings is 1. The number of carboxylic acid groups (broad SMARTS) is 1. The molecule has 2 heterocycles. The number of nitrogens with zero attached hydrogens (tertiary/aromatic N) is 2. The van der Waals surface area contributed by atoms with Crippen molar-refractivity contribution in [3.8, 4) is 0 Å². The molecule has 118 valence electrons. The van der Waals surface area contributed by atoms with E-state index in [4.69, 9.17) is 9.52 Å². The summed E-state index contributed by atoms with van der Waals surface area (Å²) in [4.78, 5) is 22.8. The Labute approximate surface area is 127 Å². The molecule has 2 N–H and O–H groups in total. The molecule has 0 saturated carbocycles. The van der Waals surface area contributed by atoms with Crippen LogP contribution in [0.3, 0.4) is 0 Å². The minimum Gasteiger partial charge on any atom is -0.481 e. The fraction of sp³-hybridized carbons (Fsp3) is 0.400. The molecule has 0 saturated heterocycles. The van der Waals surface area contributed by atoms with E-state index in [0.29, 0.717) is 5.69 Å². The van der Waals surface area contributed by atoms with E-state index in [1.165, 1.54) is 10.9 Å². The lowest BCUT2D eigenvalue weighted by Gasteiger charge is -2.14. The lowest BCUT2D eigenvalue weighted by atomic mass is 10.1. The summed E-state index contributed by atoms with van der Waals surface area (Å²) in [5.41, 5.74) is 0.367. The molecular weight excluding hydrogens is 286 g/mol. The molecule has 0 spiro atoms. The van der Waals surface area contributed by atoms with Crippen molar-refractivity contribution in [3.05, 3.63) is 42.1 Å². The number of aromatic nitrogens is 2. The second kappa shape index (κ2) is 7.44. The summed E-state index contributed by atoms with van der Waals surface area (Å²) in [7, 11) is 0. The molecule has 1 atom stereocenters. The molecule has 7 heteroatoms. The van der Waals surface area contributed by atoms with Crippen LogP contribution in [0.1, 0.15) is 36.0 Å². The normalized spacial score (nSPS) is 12.0. The summed E-state index contributed by atoms with van der Waals surface area (Å²) in [6.07, 6.45) is 4.54. The van der Waals surface area contributed by atoms with Gasteiger partial charge in [-0.25, -0.2) is 0 Å². The number of hydrogen-bond donors (Lipinski definition) is 2. The van der Waals surface area contributed by atoms with Crippen LogP contribution in [0.5, 0.6) is 0 Å². The van der Waals surface area contributed by atoms with Gasteiger partial charge in [0, 0.05) is 18.7 Å². The van der Waals surface area contributed by atoms with E-state index < -0.39 is 5.97 Å². The Morgan fingerprint density at radius 1 is 1.45 bits per heavy atom. The number of hydrogen-bond acceptors (Lipinski definition) is 4. The Kier molecular flexibility index (Phi) is 5.35. The molecule has 1 amide bonds. The summed E-state index contributed by atoms with van der Waals surface area (Å²) in [5, 5.41) is 15.6. The van der Waals surface area contributed by atoms with Gasteiger partial charge in [0.05, 0.1) is 19.2 Å². The van der Waals surface area contributed by atoms with Gasteiger partial charge in [0.2, 0.25) is 0 Å². The van der Waals surface area contributed by atoms with Gasteiger partial charge in [0.25, 0.3) is 5.91 Å². The topological polar surface area (TPSA) is 97.4 Å². The molecule has 0 fully saturated rings. The van der Waals surface area contributed by atoms with Crippen LogP contribution < -0.4 is 5.32 Å². The second-order valence-corrected chi connectivity index (χ2v) is 5.08. The van der Waals surface area contributed by atoms with Crippen LogP contribution in [-0.2, 0) is 17.8 Å². The number of carbonyl (C=O) groups excluding carboxylic acids is 1. The highest BCUT2D eigenvalue weighted by Crippen LogP contribution is 2.07. The van der Waals surface area contributed by atoms with Crippen molar-refractivity contribution in [2.24, 2.45) is 0 Å². The third kappa shape index (κ3) is 4.47. The van der Waals surface area contributed by atoms with E-state index in [-0.39, 0.29) is 24.9 Å². The predicted molar refractivity (Wildman–Crippen MR) is 78.4 cm³/mol. The smallest absolute Gasteiger partial charge is 0.305 e. The molecule has 22 heavy (non-hydrogen) atoms. The number of rotatable bonds is 8. The summed E-state index contributed by atoms with van der Waals surface area (Å²) < 4.78 is 6.66. The molecule has 2 aromatic heterocycles. The highest BCUT2D eigenvalue weighted by atomic mass is 16.4. The van der Waals surface area contributed by atoms with Crippen LogP contribution in [0, 0.1) is 0 Å². The van der Waals surface area contributed by atoms with Crippen LogP contribution in [-0.4, -0.2) is 32.8 Å². The third-order valence-corrected chi connectivity index (χ3v) is 3.27. The van der Waals surface area contributed by atoms with E-state index >= 15 is 0 Å². The molecule has 0 bridgehead atoms. The van der Waals surface area contributed by atoms with Crippen LogP contribution in [0.2, 0.25) is 0 Å². The van der Waals surface area contributed by atoms with Gasteiger partial charge in [0.15, 0.2) is 0 Å². The molecule has 0 aliphatic carbocycles. The summed E-state index contributed by atoms with van der Waals surface area (Å²) in [6, 6.07) is 5.28. The Bertz CT molecular complexity index is 619. The van der Waals surface area contributed by atoms with Gasteiger partial charge in [0.1, 0.15) is 11.5 Å². The first kappa shape index (κ1) is 15.8. The number of carbonyl (C=O) groups is 2. The van der Waals surface area contributed by atoms with Crippen molar-refractivity contribution in [2.45, 2.75) is 38.8 Å². The maximum absolute atomic E-state index is 12.2. The zero-order valence-electron chi connectivity index (χ0n) is 12.4. The number of carboxylic acids is 1. The number of aryl methyl sites for hydroxylation is 2. The SMILES string of the molecule is CC(CCc1ccco1)NC(=O)c1ccnn1CCC(=O)O. The van der Waals surface area contributed by atoms with E-state index in [1.54, 1.807) is 12.3 Å². The van der Waals surface area contributed by atoms with Crippen molar-refractivity contribution in [1.29, 1.82) is 0 Å². The van der Waals surface area contributed by atoms with Crippen LogP contribution >= 0.6 is 0 Å². The predicted octanol–water partition coefficient (Wildman–Crippen LogP) is 1.70. The summed E-state index contributed by atoms with van der Waals surface area (Å²) in [5.74, 6) is -0.295. The second-order valence-electron chi connectivity index (χ2n) is 5.08. The first-order valence-electron chi connectivity index (χ1n) is 7.13. The number of amides is 1. The molecule has 0 aliphatic rings. The van der Waals surface area contributed by atoms with Crippen LogP contribution in [0.15, 0.2) is 35.1 Å². The molecule has 0 aromatic carbocycles. The molecule has 7 nitrogen and oxygen atoms in total. The van der Waals surface area contributed by atoms with Gasteiger partial charge in [-0.3, -0.25) is 14.3 Å². The van der Waals surface area contributed by atoms with E-state index in [9.17, 15) is 9.59 Å².